The predicted molar refractivity (Wildman–Crippen MR) is 131 cm³/mol. The maximum absolute atomic E-state index is 5.91. The first-order valence-electron chi connectivity index (χ1n) is 10.5. The van der Waals surface area contributed by atoms with Crippen LogP contribution in [0.25, 0.3) is 33.4 Å². The van der Waals surface area contributed by atoms with Crippen LogP contribution in [0.5, 0.6) is 0 Å². The van der Waals surface area contributed by atoms with E-state index in [-0.39, 0.29) is 5.41 Å². The van der Waals surface area contributed by atoms with Crippen LogP contribution in [0.4, 0.5) is 5.69 Å². The van der Waals surface area contributed by atoms with Gasteiger partial charge in [0.15, 0.2) is 0 Å². The van der Waals surface area contributed by atoms with E-state index in [0.717, 1.165) is 5.69 Å². The van der Waals surface area contributed by atoms with Crippen molar-refractivity contribution in [3.8, 4) is 33.4 Å². The second-order valence-corrected chi connectivity index (χ2v) is 9.11. The summed E-state index contributed by atoms with van der Waals surface area (Å²) in [7, 11) is 0. The molecule has 0 heterocycles. The molecule has 0 spiro atoms. The van der Waals surface area contributed by atoms with Gasteiger partial charge in [-0.15, -0.1) is 0 Å². The number of hydrogen-bond acceptors (Lipinski definition) is 1. The van der Waals surface area contributed by atoms with Crippen LogP contribution >= 0.6 is 0 Å². The zero-order chi connectivity index (χ0) is 21.3. The summed E-state index contributed by atoms with van der Waals surface area (Å²) in [5.74, 6) is 0. The van der Waals surface area contributed by atoms with E-state index in [0.29, 0.717) is 0 Å². The molecular formula is C29H29N. The first kappa shape index (κ1) is 20.0. The Morgan fingerprint density at radius 1 is 0.500 bits per heavy atom. The Labute approximate surface area is 180 Å². The Morgan fingerprint density at radius 3 is 1.27 bits per heavy atom. The van der Waals surface area contributed by atoms with Crippen molar-refractivity contribution in [2.45, 2.75) is 33.1 Å². The van der Waals surface area contributed by atoms with Gasteiger partial charge in [-0.25, -0.2) is 0 Å². The van der Waals surface area contributed by atoms with Crippen LogP contribution in [-0.2, 0) is 5.41 Å². The summed E-state index contributed by atoms with van der Waals surface area (Å²) < 4.78 is 0. The third-order valence-corrected chi connectivity index (χ3v) is 5.65. The number of anilines is 1. The second-order valence-electron chi connectivity index (χ2n) is 9.11. The molecule has 0 saturated carbocycles. The standard InChI is InChI=1S/C29H29N/c1-20-5-7-21(8-6-20)24-17-25(22-9-13-27(14-10-22)29(2,3)4)19-26(18-24)23-11-15-28(30)16-12-23/h5-19H,30H2,1-4H3. The van der Waals surface area contributed by atoms with Crippen LogP contribution in [0.3, 0.4) is 0 Å². The summed E-state index contributed by atoms with van der Waals surface area (Å²) in [6.45, 7) is 8.87. The number of rotatable bonds is 3. The minimum atomic E-state index is 0.150. The van der Waals surface area contributed by atoms with E-state index in [9.17, 15) is 0 Å². The topological polar surface area (TPSA) is 26.0 Å². The summed E-state index contributed by atoms with van der Waals surface area (Å²) in [5.41, 5.74) is 16.7. The van der Waals surface area contributed by atoms with Gasteiger partial charge in [-0.3, -0.25) is 0 Å². The van der Waals surface area contributed by atoms with E-state index in [2.05, 4.69) is 107 Å². The maximum atomic E-state index is 5.91. The quantitative estimate of drug-likeness (QED) is 0.353. The van der Waals surface area contributed by atoms with Gasteiger partial charge in [0.25, 0.3) is 0 Å². The molecule has 0 radical (unpaired) electrons. The van der Waals surface area contributed by atoms with Gasteiger partial charge in [-0.05, 0) is 81.6 Å². The fourth-order valence-corrected chi connectivity index (χ4v) is 3.71. The Bertz CT molecular complexity index is 1080. The van der Waals surface area contributed by atoms with Gasteiger partial charge in [0.05, 0.1) is 0 Å². The van der Waals surface area contributed by atoms with E-state index in [4.69, 9.17) is 5.73 Å². The van der Waals surface area contributed by atoms with Gasteiger partial charge < -0.3 is 5.73 Å². The lowest BCUT2D eigenvalue weighted by molar-refractivity contribution is 0.590. The number of hydrogen-bond donors (Lipinski definition) is 1. The van der Waals surface area contributed by atoms with E-state index in [1.165, 1.54) is 44.5 Å². The van der Waals surface area contributed by atoms with Gasteiger partial charge in [-0.1, -0.05) is 87.0 Å². The van der Waals surface area contributed by atoms with Crippen molar-refractivity contribution in [1.29, 1.82) is 0 Å². The largest absolute Gasteiger partial charge is 0.399 e. The molecule has 0 aliphatic heterocycles. The van der Waals surface area contributed by atoms with E-state index in [1.54, 1.807) is 0 Å². The lowest BCUT2D eigenvalue weighted by Gasteiger charge is -2.19. The summed E-state index contributed by atoms with van der Waals surface area (Å²) in [6, 6.07) is 32.6. The summed E-state index contributed by atoms with van der Waals surface area (Å²) in [4.78, 5) is 0. The summed E-state index contributed by atoms with van der Waals surface area (Å²) >= 11 is 0. The normalized spacial score (nSPS) is 11.5. The molecule has 0 fully saturated rings. The molecule has 1 heteroatoms. The van der Waals surface area contributed by atoms with E-state index >= 15 is 0 Å². The zero-order valence-corrected chi connectivity index (χ0v) is 18.2. The number of nitrogens with two attached hydrogens (primary N) is 1. The van der Waals surface area contributed by atoms with Crippen LogP contribution in [-0.4, -0.2) is 0 Å². The van der Waals surface area contributed by atoms with Crippen LogP contribution in [0.1, 0.15) is 31.9 Å². The van der Waals surface area contributed by atoms with Gasteiger partial charge in [0, 0.05) is 5.69 Å². The minimum absolute atomic E-state index is 0.150. The van der Waals surface area contributed by atoms with Gasteiger partial charge >= 0.3 is 0 Å². The van der Waals surface area contributed by atoms with Gasteiger partial charge in [0.2, 0.25) is 0 Å². The highest BCUT2D eigenvalue weighted by Gasteiger charge is 2.14. The number of aryl methyl sites for hydroxylation is 1. The highest BCUT2D eigenvalue weighted by atomic mass is 14.5. The van der Waals surface area contributed by atoms with Crippen molar-refractivity contribution in [2.75, 3.05) is 5.73 Å². The lowest BCUT2D eigenvalue weighted by Crippen LogP contribution is -2.10. The van der Waals surface area contributed by atoms with Crippen LogP contribution in [0.2, 0.25) is 0 Å². The zero-order valence-electron chi connectivity index (χ0n) is 18.2. The van der Waals surface area contributed by atoms with Gasteiger partial charge in [0.1, 0.15) is 0 Å². The summed E-state index contributed by atoms with van der Waals surface area (Å²) in [5, 5.41) is 0. The Morgan fingerprint density at radius 2 is 0.867 bits per heavy atom. The molecule has 30 heavy (non-hydrogen) atoms. The summed E-state index contributed by atoms with van der Waals surface area (Å²) in [6.07, 6.45) is 0. The molecule has 0 amide bonds. The minimum Gasteiger partial charge on any atom is -0.399 e. The van der Waals surface area contributed by atoms with Crippen LogP contribution in [0, 0.1) is 6.92 Å². The van der Waals surface area contributed by atoms with Gasteiger partial charge in [-0.2, -0.15) is 0 Å². The van der Waals surface area contributed by atoms with Crippen LogP contribution in [0.15, 0.2) is 91.0 Å². The molecule has 0 unspecified atom stereocenters. The smallest absolute Gasteiger partial charge is 0.0314 e. The van der Waals surface area contributed by atoms with Crippen molar-refractivity contribution in [2.24, 2.45) is 0 Å². The lowest BCUT2D eigenvalue weighted by atomic mass is 9.86. The monoisotopic (exact) mass is 391 g/mol. The highest BCUT2D eigenvalue weighted by Crippen LogP contribution is 2.34. The van der Waals surface area contributed by atoms with Crippen LogP contribution < -0.4 is 5.73 Å². The molecule has 0 atom stereocenters. The first-order chi connectivity index (χ1) is 14.3. The molecule has 1 nitrogen and oxygen atoms in total. The third-order valence-electron chi connectivity index (χ3n) is 5.65. The number of nitrogen functional groups attached to an aromatic ring is 1. The average Bonchev–Trinajstić information content (AvgIpc) is 2.74. The fourth-order valence-electron chi connectivity index (χ4n) is 3.71. The maximum Gasteiger partial charge on any atom is 0.0314 e. The second kappa shape index (κ2) is 7.84. The predicted octanol–water partition coefficient (Wildman–Crippen LogP) is 7.88. The molecular weight excluding hydrogens is 362 g/mol. The highest BCUT2D eigenvalue weighted by molar-refractivity contribution is 5.81. The molecule has 150 valence electrons. The van der Waals surface area contributed by atoms with Crippen molar-refractivity contribution >= 4 is 5.69 Å². The number of benzene rings is 4. The van der Waals surface area contributed by atoms with E-state index in [1.807, 2.05) is 12.1 Å². The Hall–Kier alpha value is -3.32. The molecule has 2 N–H and O–H groups in total. The van der Waals surface area contributed by atoms with Crippen molar-refractivity contribution in [3.63, 3.8) is 0 Å². The molecule has 0 saturated heterocycles. The molecule has 0 aliphatic rings. The Kier molecular flexibility index (Phi) is 5.22. The molecule has 0 aromatic heterocycles. The average molecular weight is 392 g/mol. The molecule has 4 rings (SSSR count). The van der Waals surface area contributed by atoms with Crippen molar-refractivity contribution < 1.29 is 0 Å². The Balaban J connectivity index is 1.85. The molecule has 4 aromatic carbocycles. The first-order valence-corrected chi connectivity index (χ1v) is 10.5. The third kappa shape index (κ3) is 4.31. The molecule has 4 aromatic rings. The molecule has 0 bridgehead atoms. The SMILES string of the molecule is Cc1ccc(-c2cc(-c3ccc(N)cc3)cc(-c3ccc(C(C)(C)C)cc3)c2)cc1. The van der Waals surface area contributed by atoms with Crippen molar-refractivity contribution in [1.82, 2.24) is 0 Å². The van der Waals surface area contributed by atoms with E-state index < -0.39 is 0 Å². The fraction of sp³-hybridized carbons (Fsp3) is 0.172. The van der Waals surface area contributed by atoms with Crippen molar-refractivity contribution in [3.05, 3.63) is 102 Å². The molecule has 0 aliphatic carbocycles.